The second kappa shape index (κ2) is 7.77. The molecule has 0 saturated heterocycles. The fourth-order valence-corrected chi connectivity index (χ4v) is 2.40. The molecule has 0 atom stereocenters. The summed E-state index contributed by atoms with van der Waals surface area (Å²) in [6.07, 6.45) is -0.240. The van der Waals surface area contributed by atoms with Gasteiger partial charge in [0, 0.05) is 11.5 Å². The molecule has 0 aromatic heterocycles. The molecule has 0 spiro atoms. The normalized spacial score (nSPS) is 12.2. The molecule has 1 aromatic rings. The van der Waals surface area contributed by atoms with Gasteiger partial charge < -0.3 is 9.47 Å². The summed E-state index contributed by atoms with van der Waals surface area (Å²) in [4.78, 5) is 24.8. The predicted molar refractivity (Wildman–Crippen MR) is 97.6 cm³/mol. The molecule has 0 amide bonds. The number of carbonyl (C=O) groups excluding carboxylic acids is 2. The number of thioether (sulfide) groups is 1. The number of benzene rings is 1. The van der Waals surface area contributed by atoms with Crippen molar-refractivity contribution in [2.75, 3.05) is 0 Å². The number of esters is 1. The topological polar surface area (TPSA) is 52.6 Å². The monoisotopic (exact) mass is 370 g/mol. The van der Waals surface area contributed by atoms with E-state index in [1.165, 1.54) is 12.1 Å². The summed E-state index contributed by atoms with van der Waals surface area (Å²) < 4.78 is 25.2. The molecule has 0 aliphatic heterocycles. The minimum absolute atomic E-state index is 0.0146. The van der Waals surface area contributed by atoms with Crippen molar-refractivity contribution in [3.8, 4) is 11.5 Å². The molecule has 0 heterocycles. The molecule has 0 unspecified atom stereocenters. The number of hydrogen-bond donors (Lipinski definition) is 0. The highest BCUT2D eigenvalue weighted by Crippen LogP contribution is 2.39. The second-order valence-electron chi connectivity index (χ2n) is 8.18. The van der Waals surface area contributed by atoms with Crippen LogP contribution in [0.5, 0.6) is 11.5 Å². The quantitative estimate of drug-likeness (QED) is 0.413. The van der Waals surface area contributed by atoms with Crippen LogP contribution in [0.3, 0.4) is 0 Å². The van der Waals surface area contributed by atoms with Crippen LogP contribution in [0.25, 0.3) is 0 Å². The van der Waals surface area contributed by atoms with Gasteiger partial charge in [0.1, 0.15) is 5.75 Å². The van der Waals surface area contributed by atoms with E-state index < -0.39 is 22.6 Å². The third kappa shape index (κ3) is 6.34. The summed E-state index contributed by atoms with van der Waals surface area (Å²) >= 11 is 0.860. The number of halogens is 1. The molecule has 1 rings (SSSR count). The fraction of sp³-hybridized carbons (Fsp3) is 0.579. The Kier molecular flexibility index (Phi) is 6.68. The first-order chi connectivity index (χ1) is 11.2. The summed E-state index contributed by atoms with van der Waals surface area (Å²) in [6, 6.07) is 2.51. The van der Waals surface area contributed by atoms with Crippen LogP contribution in [0.2, 0.25) is 0 Å². The molecule has 140 valence electrons. The van der Waals surface area contributed by atoms with Crippen molar-refractivity contribution in [2.24, 2.45) is 10.8 Å². The Bertz CT molecular complexity index is 655. The van der Waals surface area contributed by atoms with Gasteiger partial charge in [-0.15, -0.1) is 0 Å². The van der Waals surface area contributed by atoms with E-state index in [2.05, 4.69) is 0 Å². The molecule has 0 fully saturated rings. The smallest absolute Gasteiger partial charge is 0.316 e. The molecular formula is C19H27FO4S. The van der Waals surface area contributed by atoms with Crippen molar-refractivity contribution in [1.29, 1.82) is 0 Å². The van der Waals surface area contributed by atoms with Gasteiger partial charge in [0.15, 0.2) is 16.7 Å². The van der Waals surface area contributed by atoms with Crippen LogP contribution in [0.1, 0.15) is 55.4 Å². The molecule has 0 radical (unpaired) electrons. The lowest BCUT2D eigenvalue weighted by atomic mass is 9.97. The third-order valence-electron chi connectivity index (χ3n) is 2.99. The maximum Gasteiger partial charge on any atom is 0.316 e. The van der Waals surface area contributed by atoms with E-state index in [4.69, 9.17) is 9.47 Å². The van der Waals surface area contributed by atoms with Gasteiger partial charge in [0.2, 0.25) is 0 Å². The van der Waals surface area contributed by atoms with E-state index in [0.717, 1.165) is 11.8 Å². The van der Waals surface area contributed by atoms with Crippen LogP contribution in [-0.4, -0.2) is 17.2 Å². The lowest BCUT2D eigenvalue weighted by Gasteiger charge is -2.21. The Morgan fingerprint density at radius 2 is 1.56 bits per heavy atom. The van der Waals surface area contributed by atoms with E-state index in [-0.39, 0.29) is 27.6 Å². The summed E-state index contributed by atoms with van der Waals surface area (Å²) in [5, 5.41) is -0.155. The standard InChI is InChI=1S/C19H27FO4S/c1-11(2)23-13-10-14(24-16(21)18(3,4)5)15(9-12(13)20)25-17(22)19(6,7)8/h9-11H,1-8H3. The van der Waals surface area contributed by atoms with Gasteiger partial charge in [-0.05, 0) is 52.4 Å². The number of rotatable bonds is 4. The van der Waals surface area contributed by atoms with E-state index in [9.17, 15) is 14.0 Å². The molecule has 25 heavy (non-hydrogen) atoms. The van der Waals surface area contributed by atoms with Crippen molar-refractivity contribution in [3.05, 3.63) is 17.9 Å². The zero-order chi connectivity index (χ0) is 19.6. The van der Waals surface area contributed by atoms with Crippen LogP contribution in [-0.2, 0) is 9.59 Å². The van der Waals surface area contributed by atoms with E-state index in [1.807, 2.05) is 0 Å². The maximum absolute atomic E-state index is 14.3. The van der Waals surface area contributed by atoms with Crippen LogP contribution in [0.4, 0.5) is 4.39 Å². The van der Waals surface area contributed by atoms with Gasteiger partial charge in [-0.25, -0.2) is 4.39 Å². The van der Waals surface area contributed by atoms with Gasteiger partial charge in [-0.1, -0.05) is 20.8 Å². The molecule has 4 nitrogen and oxygen atoms in total. The van der Waals surface area contributed by atoms with Crippen LogP contribution >= 0.6 is 11.8 Å². The predicted octanol–water partition coefficient (Wildman–Crippen LogP) is 5.23. The van der Waals surface area contributed by atoms with Gasteiger partial charge in [-0.3, -0.25) is 9.59 Å². The van der Waals surface area contributed by atoms with E-state index >= 15 is 0 Å². The Labute approximate surface area is 153 Å². The lowest BCUT2D eigenvalue weighted by molar-refractivity contribution is -0.143. The zero-order valence-corrected chi connectivity index (χ0v) is 17.0. The number of hydrogen-bond acceptors (Lipinski definition) is 5. The molecule has 1 aromatic carbocycles. The first kappa shape index (κ1) is 21.5. The van der Waals surface area contributed by atoms with Gasteiger partial charge in [0.05, 0.1) is 16.4 Å². The highest BCUT2D eigenvalue weighted by atomic mass is 32.2. The van der Waals surface area contributed by atoms with Crippen molar-refractivity contribution in [3.63, 3.8) is 0 Å². The molecule has 0 bridgehead atoms. The summed E-state index contributed by atoms with van der Waals surface area (Å²) in [5.41, 5.74) is -1.34. The molecule has 0 aliphatic carbocycles. The zero-order valence-electron chi connectivity index (χ0n) is 16.2. The van der Waals surface area contributed by atoms with Crippen LogP contribution in [0.15, 0.2) is 17.0 Å². The summed E-state index contributed by atoms with van der Waals surface area (Å²) in [6.45, 7) is 14.0. The minimum Gasteiger partial charge on any atom is -0.488 e. The SMILES string of the molecule is CC(C)Oc1cc(OC(=O)C(C)(C)C)c(SC(=O)C(C)(C)C)cc1F. The minimum atomic E-state index is -0.733. The highest BCUT2D eigenvalue weighted by molar-refractivity contribution is 8.13. The lowest BCUT2D eigenvalue weighted by Crippen LogP contribution is -2.26. The fourth-order valence-electron chi connectivity index (χ4n) is 1.53. The van der Waals surface area contributed by atoms with Gasteiger partial charge >= 0.3 is 5.97 Å². The van der Waals surface area contributed by atoms with Crippen molar-refractivity contribution in [2.45, 2.75) is 66.4 Å². The Hall–Kier alpha value is -1.56. The number of carbonyl (C=O) groups is 2. The first-order valence-corrected chi connectivity index (χ1v) is 8.98. The first-order valence-electron chi connectivity index (χ1n) is 8.16. The summed E-state index contributed by atoms with van der Waals surface area (Å²) in [5.74, 6) is -0.966. The van der Waals surface area contributed by atoms with Gasteiger partial charge in [0.25, 0.3) is 0 Å². The Morgan fingerprint density at radius 3 is 2.00 bits per heavy atom. The van der Waals surface area contributed by atoms with Crippen molar-refractivity contribution in [1.82, 2.24) is 0 Å². The number of ether oxygens (including phenoxy) is 2. The average Bonchev–Trinajstić information content (AvgIpc) is 2.40. The third-order valence-corrected chi connectivity index (χ3v) is 4.33. The average molecular weight is 370 g/mol. The molecular weight excluding hydrogens is 343 g/mol. The maximum atomic E-state index is 14.3. The Balaban J connectivity index is 3.31. The van der Waals surface area contributed by atoms with Crippen LogP contribution in [0, 0.1) is 16.6 Å². The molecule has 0 saturated carbocycles. The van der Waals surface area contributed by atoms with E-state index in [1.54, 1.807) is 55.4 Å². The van der Waals surface area contributed by atoms with Crippen LogP contribution < -0.4 is 9.47 Å². The largest absolute Gasteiger partial charge is 0.488 e. The van der Waals surface area contributed by atoms with E-state index in [0.29, 0.717) is 0 Å². The van der Waals surface area contributed by atoms with Crippen molar-refractivity contribution < 1.29 is 23.5 Å². The Morgan fingerprint density at radius 1 is 1.00 bits per heavy atom. The summed E-state index contributed by atoms with van der Waals surface area (Å²) in [7, 11) is 0. The molecule has 6 heteroatoms. The molecule has 0 N–H and O–H groups in total. The van der Waals surface area contributed by atoms with Crippen molar-refractivity contribution >= 4 is 22.8 Å². The molecule has 0 aliphatic rings. The highest BCUT2D eigenvalue weighted by Gasteiger charge is 2.28. The van der Waals surface area contributed by atoms with Gasteiger partial charge in [-0.2, -0.15) is 0 Å². The second-order valence-corrected chi connectivity index (χ2v) is 9.19.